The summed E-state index contributed by atoms with van der Waals surface area (Å²) in [5, 5.41) is 0.714. The molecular weight excluding hydrogens is 394 g/mol. The van der Waals surface area contributed by atoms with Crippen LogP contribution >= 0.6 is 0 Å². The van der Waals surface area contributed by atoms with Crippen molar-refractivity contribution in [3.63, 3.8) is 0 Å². The van der Waals surface area contributed by atoms with Gasteiger partial charge in [-0.15, -0.1) is 0 Å². The van der Waals surface area contributed by atoms with E-state index < -0.39 is 0 Å². The summed E-state index contributed by atoms with van der Waals surface area (Å²) in [5.74, 6) is 2.11. The Balaban J connectivity index is 1.72. The monoisotopic (exact) mass is 423 g/mol. The van der Waals surface area contributed by atoms with Gasteiger partial charge in [0.05, 0.1) is 19.7 Å². The Bertz CT molecular complexity index is 1040. The maximum atomic E-state index is 12.5. The van der Waals surface area contributed by atoms with Crippen LogP contribution in [0.1, 0.15) is 23.7 Å². The first-order valence-corrected chi connectivity index (χ1v) is 10.2. The lowest BCUT2D eigenvalue weighted by Gasteiger charge is -2.23. The first kappa shape index (κ1) is 22.1. The lowest BCUT2D eigenvalue weighted by Crippen LogP contribution is -2.32. The molecule has 0 bridgehead atoms. The van der Waals surface area contributed by atoms with E-state index in [1.807, 2.05) is 49.2 Å². The maximum Gasteiger partial charge on any atom is 0.253 e. The molecule has 0 unspecified atom stereocenters. The smallest absolute Gasteiger partial charge is 0.253 e. The van der Waals surface area contributed by atoms with Crippen molar-refractivity contribution >= 4 is 28.6 Å². The largest absolute Gasteiger partial charge is 0.493 e. The second-order valence-corrected chi connectivity index (χ2v) is 7.16. The lowest BCUT2D eigenvalue weighted by molar-refractivity contribution is 0.0794. The minimum atomic E-state index is 0.0101. The number of aromatic nitrogens is 2. The summed E-state index contributed by atoms with van der Waals surface area (Å²) in [6, 6.07) is 12.9. The quantitative estimate of drug-likeness (QED) is 0.565. The van der Waals surface area contributed by atoms with Crippen LogP contribution in [0.2, 0.25) is 0 Å². The number of methoxy groups -OCH3 is 2. The number of carbonyl (C=O) groups is 1. The van der Waals surface area contributed by atoms with Crippen LogP contribution in [0.25, 0.3) is 10.9 Å². The van der Waals surface area contributed by atoms with Crippen LogP contribution in [-0.4, -0.2) is 61.7 Å². The van der Waals surface area contributed by atoms with Gasteiger partial charge in [-0.3, -0.25) is 4.79 Å². The third-order valence-corrected chi connectivity index (χ3v) is 5.17. The van der Waals surface area contributed by atoms with Gasteiger partial charge in [-0.1, -0.05) is 18.2 Å². The van der Waals surface area contributed by atoms with Crippen LogP contribution in [0.3, 0.4) is 0 Å². The van der Waals surface area contributed by atoms with E-state index in [9.17, 15) is 4.79 Å². The first-order chi connectivity index (χ1) is 15.0. The Kier molecular flexibility index (Phi) is 7.12. The molecule has 1 aromatic heterocycles. The second kappa shape index (κ2) is 9.97. The summed E-state index contributed by atoms with van der Waals surface area (Å²) < 4.78 is 10.7. The normalized spacial score (nSPS) is 10.7. The van der Waals surface area contributed by atoms with E-state index in [4.69, 9.17) is 20.2 Å². The van der Waals surface area contributed by atoms with Crippen molar-refractivity contribution in [1.82, 2.24) is 14.9 Å². The molecule has 8 heteroatoms. The highest BCUT2D eigenvalue weighted by Gasteiger charge is 2.16. The number of nitrogen functional groups attached to an aromatic ring is 1. The Morgan fingerprint density at radius 3 is 2.35 bits per heavy atom. The van der Waals surface area contributed by atoms with Gasteiger partial charge in [-0.2, -0.15) is 4.98 Å². The van der Waals surface area contributed by atoms with Gasteiger partial charge in [0.2, 0.25) is 5.95 Å². The van der Waals surface area contributed by atoms with Gasteiger partial charge in [0, 0.05) is 43.7 Å². The molecular formula is C23H29N5O3. The summed E-state index contributed by atoms with van der Waals surface area (Å²) in [4.78, 5) is 25.5. The molecule has 3 aromatic rings. The number of carbonyl (C=O) groups excluding carboxylic acids is 1. The number of fused-ring (bicyclic) bond motifs is 1. The summed E-state index contributed by atoms with van der Waals surface area (Å²) in [6.45, 7) is 4.07. The highest BCUT2D eigenvalue weighted by atomic mass is 16.5. The SMILES string of the molecule is CCN(CCCN(C)C(=O)c1ccccc1)c1nc(N)c2cc(OC)c(OC)cc2n1. The van der Waals surface area contributed by atoms with Crippen molar-refractivity contribution in [1.29, 1.82) is 0 Å². The summed E-state index contributed by atoms with van der Waals surface area (Å²) in [5.41, 5.74) is 7.60. The van der Waals surface area contributed by atoms with Gasteiger partial charge in [0.25, 0.3) is 5.91 Å². The van der Waals surface area contributed by atoms with Crippen molar-refractivity contribution in [3.8, 4) is 11.5 Å². The van der Waals surface area contributed by atoms with Crippen molar-refractivity contribution < 1.29 is 14.3 Å². The van der Waals surface area contributed by atoms with Crippen LogP contribution in [0.15, 0.2) is 42.5 Å². The number of benzene rings is 2. The molecule has 164 valence electrons. The van der Waals surface area contributed by atoms with Crippen molar-refractivity contribution in [2.24, 2.45) is 0 Å². The number of hydrogen-bond donors (Lipinski definition) is 1. The Labute approximate surface area is 182 Å². The Hall–Kier alpha value is -3.55. The highest BCUT2D eigenvalue weighted by molar-refractivity contribution is 5.94. The van der Waals surface area contributed by atoms with Crippen LogP contribution in [0.5, 0.6) is 11.5 Å². The Morgan fingerprint density at radius 1 is 1.03 bits per heavy atom. The van der Waals surface area contributed by atoms with E-state index in [1.54, 1.807) is 31.3 Å². The zero-order valence-corrected chi connectivity index (χ0v) is 18.5. The lowest BCUT2D eigenvalue weighted by atomic mass is 10.2. The van der Waals surface area contributed by atoms with Crippen LogP contribution in [0, 0.1) is 0 Å². The number of nitrogens with two attached hydrogens (primary N) is 1. The van der Waals surface area contributed by atoms with Gasteiger partial charge in [-0.25, -0.2) is 4.98 Å². The van der Waals surface area contributed by atoms with E-state index in [0.29, 0.717) is 59.4 Å². The molecule has 0 fully saturated rings. The van der Waals surface area contributed by atoms with Crippen LogP contribution in [-0.2, 0) is 0 Å². The predicted octanol–water partition coefficient (Wildman–Crippen LogP) is 3.22. The fourth-order valence-corrected chi connectivity index (χ4v) is 3.41. The number of hydrogen-bond acceptors (Lipinski definition) is 7. The number of amides is 1. The predicted molar refractivity (Wildman–Crippen MR) is 123 cm³/mol. The Morgan fingerprint density at radius 2 is 1.71 bits per heavy atom. The molecule has 0 radical (unpaired) electrons. The van der Waals surface area contributed by atoms with E-state index in [2.05, 4.69) is 4.98 Å². The van der Waals surface area contributed by atoms with Crippen molar-refractivity contribution in [2.45, 2.75) is 13.3 Å². The van der Waals surface area contributed by atoms with E-state index >= 15 is 0 Å². The van der Waals surface area contributed by atoms with E-state index in [1.165, 1.54) is 0 Å². The zero-order valence-electron chi connectivity index (χ0n) is 18.5. The molecule has 1 amide bonds. The summed E-state index contributed by atoms with van der Waals surface area (Å²) in [7, 11) is 4.98. The standard InChI is InChI=1S/C23H29N5O3/c1-5-28(13-9-12-27(2)22(29)16-10-7-6-8-11-16)23-25-18-15-20(31-4)19(30-3)14-17(18)21(24)26-23/h6-8,10-11,14-15H,5,9,12-13H2,1-4H3,(H2,24,25,26). The number of nitrogens with zero attached hydrogens (tertiary/aromatic N) is 4. The molecule has 0 aliphatic rings. The molecule has 0 saturated carbocycles. The van der Waals surface area contributed by atoms with Gasteiger partial charge in [0.15, 0.2) is 11.5 Å². The molecule has 0 atom stereocenters. The molecule has 0 aliphatic heterocycles. The number of ether oxygens (including phenoxy) is 2. The number of anilines is 2. The average Bonchev–Trinajstić information content (AvgIpc) is 2.80. The van der Waals surface area contributed by atoms with Gasteiger partial charge in [-0.05, 0) is 31.5 Å². The molecule has 2 N–H and O–H groups in total. The average molecular weight is 424 g/mol. The molecule has 0 aliphatic carbocycles. The zero-order chi connectivity index (χ0) is 22.4. The molecule has 31 heavy (non-hydrogen) atoms. The molecule has 0 saturated heterocycles. The molecule has 1 heterocycles. The summed E-state index contributed by atoms with van der Waals surface area (Å²) in [6.07, 6.45) is 0.774. The van der Waals surface area contributed by atoms with Crippen molar-refractivity contribution in [2.75, 3.05) is 51.5 Å². The highest BCUT2D eigenvalue weighted by Crippen LogP contribution is 2.34. The summed E-state index contributed by atoms with van der Waals surface area (Å²) >= 11 is 0. The van der Waals surface area contributed by atoms with E-state index in [0.717, 1.165) is 6.42 Å². The molecule has 8 nitrogen and oxygen atoms in total. The van der Waals surface area contributed by atoms with Gasteiger partial charge in [0.1, 0.15) is 5.82 Å². The minimum absolute atomic E-state index is 0.0101. The van der Waals surface area contributed by atoms with Crippen LogP contribution < -0.4 is 20.1 Å². The van der Waals surface area contributed by atoms with Gasteiger partial charge >= 0.3 is 0 Å². The first-order valence-electron chi connectivity index (χ1n) is 10.2. The maximum absolute atomic E-state index is 12.5. The van der Waals surface area contributed by atoms with Crippen molar-refractivity contribution in [3.05, 3.63) is 48.0 Å². The topological polar surface area (TPSA) is 93.8 Å². The van der Waals surface area contributed by atoms with E-state index in [-0.39, 0.29) is 5.91 Å². The molecule has 0 spiro atoms. The minimum Gasteiger partial charge on any atom is -0.493 e. The van der Waals surface area contributed by atoms with Crippen LogP contribution in [0.4, 0.5) is 11.8 Å². The fourth-order valence-electron chi connectivity index (χ4n) is 3.41. The fraction of sp³-hybridized carbons (Fsp3) is 0.348. The molecule has 3 rings (SSSR count). The third-order valence-electron chi connectivity index (χ3n) is 5.17. The second-order valence-electron chi connectivity index (χ2n) is 7.16. The molecule has 2 aromatic carbocycles. The number of rotatable bonds is 9. The third kappa shape index (κ3) is 4.96. The van der Waals surface area contributed by atoms with Gasteiger partial charge < -0.3 is 25.0 Å².